The molecular weight excluding hydrogens is 365 g/mol. The number of fused-ring (bicyclic) bond motifs is 1. The second-order valence-corrected chi connectivity index (χ2v) is 6.79. The number of methoxy groups -OCH3 is 1. The standard InChI is InChI=1S/C20H14FN3O2S/c1-26-17-11-14(21)5-7-16(17)23-20-24-19(25)18(27-20)10-12-4-6-15-13(9-12)3-2-8-22-15/h2-11H,1H3,(H,23,24,25)/b18-10-. The van der Waals surface area contributed by atoms with Gasteiger partial charge in [-0.1, -0.05) is 12.1 Å². The Hall–Kier alpha value is -3.19. The van der Waals surface area contributed by atoms with E-state index in [1.54, 1.807) is 18.3 Å². The first-order chi connectivity index (χ1) is 13.1. The smallest absolute Gasteiger partial charge is 0.286 e. The molecule has 1 aliphatic heterocycles. The zero-order chi connectivity index (χ0) is 18.8. The number of carbonyl (C=O) groups is 1. The monoisotopic (exact) mass is 379 g/mol. The first-order valence-corrected chi connectivity index (χ1v) is 8.92. The summed E-state index contributed by atoms with van der Waals surface area (Å²) >= 11 is 1.22. The Balaban J connectivity index is 1.55. The fourth-order valence-electron chi connectivity index (χ4n) is 2.68. The van der Waals surface area contributed by atoms with Crippen molar-refractivity contribution in [2.24, 2.45) is 4.99 Å². The molecule has 0 aliphatic carbocycles. The highest BCUT2D eigenvalue weighted by Crippen LogP contribution is 2.32. The van der Waals surface area contributed by atoms with Gasteiger partial charge in [0.2, 0.25) is 0 Å². The van der Waals surface area contributed by atoms with Crippen LogP contribution in [0.1, 0.15) is 5.56 Å². The summed E-state index contributed by atoms with van der Waals surface area (Å²) in [6.45, 7) is 0. The van der Waals surface area contributed by atoms with Crippen molar-refractivity contribution < 1.29 is 13.9 Å². The minimum atomic E-state index is -0.402. The average Bonchev–Trinajstić information content (AvgIpc) is 3.02. The number of hydrogen-bond acceptors (Lipinski definition) is 5. The molecule has 2 aromatic carbocycles. The summed E-state index contributed by atoms with van der Waals surface area (Å²) in [4.78, 5) is 21.0. The van der Waals surface area contributed by atoms with Gasteiger partial charge in [-0.3, -0.25) is 9.78 Å². The minimum absolute atomic E-state index is 0.324. The van der Waals surface area contributed by atoms with Crippen LogP contribution in [0.2, 0.25) is 0 Å². The van der Waals surface area contributed by atoms with E-state index in [-0.39, 0.29) is 5.91 Å². The topological polar surface area (TPSA) is 63.6 Å². The number of thioether (sulfide) groups is 1. The number of halogens is 1. The van der Waals surface area contributed by atoms with E-state index in [0.29, 0.717) is 21.5 Å². The molecule has 2 heterocycles. The molecule has 1 aromatic heterocycles. The molecule has 0 spiro atoms. The van der Waals surface area contributed by atoms with Crippen molar-refractivity contribution in [1.29, 1.82) is 0 Å². The Kier molecular flexibility index (Phi) is 4.60. The van der Waals surface area contributed by atoms with Crippen molar-refractivity contribution in [2.45, 2.75) is 0 Å². The molecule has 0 saturated heterocycles. The summed E-state index contributed by atoms with van der Waals surface area (Å²) in [6.07, 6.45) is 3.53. The molecule has 5 nitrogen and oxygen atoms in total. The first kappa shape index (κ1) is 17.2. The summed E-state index contributed by atoms with van der Waals surface area (Å²) in [7, 11) is 1.45. The van der Waals surface area contributed by atoms with E-state index in [0.717, 1.165) is 16.5 Å². The van der Waals surface area contributed by atoms with Gasteiger partial charge >= 0.3 is 0 Å². The van der Waals surface area contributed by atoms with E-state index < -0.39 is 5.82 Å². The van der Waals surface area contributed by atoms with E-state index in [1.807, 2.05) is 30.3 Å². The third-order valence-electron chi connectivity index (χ3n) is 3.95. The average molecular weight is 379 g/mol. The van der Waals surface area contributed by atoms with E-state index in [4.69, 9.17) is 4.74 Å². The molecule has 1 aliphatic rings. The van der Waals surface area contributed by atoms with Gasteiger partial charge in [0.25, 0.3) is 5.91 Å². The third kappa shape index (κ3) is 3.68. The van der Waals surface area contributed by atoms with Crippen molar-refractivity contribution in [3.8, 4) is 5.75 Å². The van der Waals surface area contributed by atoms with Gasteiger partial charge in [0.15, 0.2) is 5.17 Å². The van der Waals surface area contributed by atoms with Crippen molar-refractivity contribution in [3.05, 3.63) is 71.0 Å². The Labute approximate surface area is 159 Å². The minimum Gasteiger partial charge on any atom is -0.494 e. The van der Waals surface area contributed by atoms with Gasteiger partial charge in [-0.25, -0.2) is 4.39 Å². The Bertz CT molecular complexity index is 1110. The lowest BCUT2D eigenvalue weighted by molar-refractivity contribution is -0.113. The van der Waals surface area contributed by atoms with Gasteiger partial charge in [0, 0.05) is 17.6 Å². The second-order valence-electron chi connectivity index (χ2n) is 5.76. The molecule has 0 fully saturated rings. The number of rotatable bonds is 3. The van der Waals surface area contributed by atoms with Gasteiger partial charge in [-0.2, -0.15) is 4.99 Å². The molecule has 0 saturated carbocycles. The highest BCUT2D eigenvalue weighted by Gasteiger charge is 2.23. The number of carbonyl (C=O) groups excluding carboxylic acids is 1. The fraction of sp³-hybridized carbons (Fsp3) is 0.0500. The highest BCUT2D eigenvalue weighted by molar-refractivity contribution is 8.18. The molecule has 1 amide bonds. The van der Waals surface area contributed by atoms with Crippen molar-refractivity contribution >= 4 is 45.5 Å². The third-order valence-corrected chi connectivity index (χ3v) is 4.85. The maximum absolute atomic E-state index is 13.3. The molecule has 3 aromatic rings. The van der Waals surface area contributed by atoms with Gasteiger partial charge in [0.05, 0.1) is 23.2 Å². The Morgan fingerprint density at radius 2 is 2.07 bits per heavy atom. The number of pyridine rings is 1. The van der Waals surface area contributed by atoms with Gasteiger partial charge in [-0.05, 0) is 53.7 Å². The molecule has 0 atom stereocenters. The molecule has 0 bridgehead atoms. The lowest BCUT2D eigenvalue weighted by Crippen LogP contribution is -2.06. The van der Waals surface area contributed by atoms with Crippen LogP contribution in [0.3, 0.4) is 0 Å². The number of anilines is 1. The van der Waals surface area contributed by atoms with Crippen LogP contribution < -0.4 is 10.1 Å². The molecule has 134 valence electrons. The van der Waals surface area contributed by atoms with Crippen LogP contribution in [0.5, 0.6) is 5.75 Å². The summed E-state index contributed by atoms with van der Waals surface area (Å²) < 4.78 is 18.5. The fourth-order valence-corrected chi connectivity index (χ4v) is 3.51. The lowest BCUT2D eigenvalue weighted by atomic mass is 10.1. The number of ether oxygens (including phenoxy) is 1. The normalized spacial score (nSPS) is 15.3. The van der Waals surface area contributed by atoms with Crippen LogP contribution in [-0.2, 0) is 4.79 Å². The maximum Gasteiger partial charge on any atom is 0.286 e. The van der Waals surface area contributed by atoms with Gasteiger partial charge < -0.3 is 10.1 Å². The molecule has 0 radical (unpaired) electrons. The Morgan fingerprint density at radius 1 is 1.19 bits per heavy atom. The highest BCUT2D eigenvalue weighted by atomic mass is 32.2. The SMILES string of the molecule is COc1cc(F)ccc1NC1=NC(=O)/C(=C/c2ccc3ncccc3c2)S1. The number of nitrogens with zero attached hydrogens (tertiary/aromatic N) is 2. The second kappa shape index (κ2) is 7.20. The number of benzene rings is 2. The number of aliphatic imine (C=N–C) groups is 1. The number of hydrogen-bond donors (Lipinski definition) is 1. The molecule has 27 heavy (non-hydrogen) atoms. The van der Waals surface area contributed by atoms with Crippen LogP contribution in [0, 0.1) is 5.82 Å². The summed E-state index contributed by atoms with van der Waals surface area (Å²) in [5.41, 5.74) is 2.32. The van der Waals surface area contributed by atoms with E-state index in [9.17, 15) is 9.18 Å². The predicted molar refractivity (Wildman–Crippen MR) is 106 cm³/mol. The van der Waals surface area contributed by atoms with Crippen molar-refractivity contribution in [3.63, 3.8) is 0 Å². The van der Waals surface area contributed by atoms with E-state index in [1.165, 1.54) is 31.0 Å². The summed E-state index contributed by atoms with van der Waals surface area (Å²) in [6, 6.07) is 13.8. The van der Waals surface area contributed by atoms with Crippen LogP contribution in [-0.4, -0.2) is 23.2 Å². The molecule has 4 rings (SSSR count). The lowest BCUT2D eigenvalue weighted by Gasteiger charge is -2.09. The van der Waals surface area contributed by atoms with Crippen LogP contribution in [0.4, 0.5) is 10.1 Å². The number of aromatic nitrogens is 1. The van der Waals surface area contributed by atoms with Gasteiger partial charge in [-0.15, -0.1) is 0 Å². The van der Waals surface area contributed by atoms with Gasteiger partial charge in [0.1, 0.15) is 11.6 Å². The quantitative estimate of drug-likeness (QED) is 0.681. The number of nitrogens with one attached hydrogen (secondary N) is 1. The van der Waals surface area contributed by atoms with Crippen molar-refractivity contribution in [2.75, 3.05) is 12.4 Å². The number of amidine groups is 1. The van der Waals surface area contributed by atoms with Crippen LogP contribution in [0.15, 0.2) is 64.6 Å². The van der Waals surface area contributed by atoms with Crippen LogP contribution >= 0.6 is 11.8 Å². The van der Waals surface area contributed by atoms with Crippen molar-refractivity contribution in [1.82, 2.24) is 4.98 Å². The molecule has 0 unspecified atom stereocenters. The first-order valence-electron chi connectivity index (χ1n) is 8.10. The molecule has 1 N–H and O–H groups in total. The zero-order valence-corrected chi connectivity index (χ0v) is 15.1. The zero-order valence-electron chi connectivity index (χ0n) is 14.3. The number of amides is 1. The predicted octanol–water partition coefficient (Wildman–Crippen LogP) is 4.46. The van der Waals surface area contributed by atoms with E-state index >= 15 is 0 Å². The van der Waals surface area contributed by atoms with E-state index in [2.05, 4.69) is 15.3 Å². The Morgan fingerprint density at radius 3 is 2.93 bits per heavy atom. The molecule has 7 heteroatoms. The van der Waals surface area contributed by atoms with Crippen LogP contribution in [0.25, 0.3) is 17.0 Å². The largest absolute Gasteiger partial charge is 0.494 e. The maximum atomic E-state index is 13.3. The summed E-state index contributed by atoms with van der Waals surface area (Å²) in [5, 5.41) is 4.43. The summed E-state index contributed by atoms with van der Waals surface area (Å²) in [5.74, 6) is -0.388. The molecular formula is C20H14FN3O2S.